The third-order valence-corrected chi connectivity index (χ3v) is 4.13. The van der Waals surface area contributed by atoms with E-state index in [1.807, 2.05) is 30.3 Å². The summed E-state index contributed by atoms with van der Waals surface area (Å²) in [7, 11) is 0. The van der Waals surface area contributed by atoms with E-state index >= 15 is 0 Å². The molecule has 0 aliphatic carbocycles. The maximum Gasteiger partial charge on any atom is 0.339 e. The predicted molar refractivity (Wildman–Crippen MR) is 72.7 cm³/mol. The molecular weight excluding hydrogens is 311 g/mol. The van der Waals surface area contributed by atoms with Gasteiger partial charge in [-0.05, 0) is 29.3 Å². The Balaban J connectivity index is 2.07. The number of carbonyl (C=O) groups is 1. The highest BCUT2D eigenvalue weighted by Crippen LogP contribution is 2.44. The van der Waals surface area contributed by atoms with Crippen molar-refractivity contribution < 1.29 is 13.9 Å². The molecule has 3 rings (SSSR count). The number of rotatable bonds is 1. The Morgan fingerprint density at radius 3 is 2.58 bits per heavy atom. The summed E-state index contributed by atoms with van der Waals surface area (Å²) in [5.41, 5.74) is 1.92. The number of fused-ring (bicyclic) bond motifs is 1. The van der Waals surface area contributed by atoms with Crippen LogP contribution in [0.5, 0.6) is 0 Å². The van der Waals surface area contributed by atoms with E-state index in [1.165, 1.54) is 18.2 Å². The average Bonchev–Trinajstić information content (AvgIpc) is 2.43. The topological polar surface area (TPSA) is 26.3 Å². The number of hydrogen-bond donors (Lipinski definition) is 0. The van der Waals surface area contributed by atoms with Crippen LogP contribution < -0.4 is 0 Å². The molecule has 4 heteroatoms. The fourth-order valence-electron chi connectivity index (χ4n) is 2.23. The second-order valence-corrected chi connectivity index (χ2v) is 5.36. The lowest BCUT2D eigenvalue weighted by molar-refractivity contribution is 0.0249. The molecule has 2 nitrogen and oxygen atoms in total. The molecule has 0 amide bonds. The highest BCUT2D eigenvalue weighted by atomic mass is 79.9. The van der Waals surface area contributed by atoms with E-state index in [2.05, 4.69) is 15.9 Å². The Bertz CT molecular complexity index is 627. The Morgan fingerprint density at radius 2 is 1.84 bits per heavy atom. The summed E-state index contributed by atoms with van der Waals surface area (Å²) >= 11 is 3.51. The number of ether oxygens (including phenoxy) is 1. The van der Waals surface area contributed by atoms with Gasteiger partial charge in [0, 0.05) is 0 Å². The molecule has 2 aromatic carbocycles. The minimum absolute atomic E-state index is 0.252. The predicted octanol–water partition coefficient (Wildman–Crippen LogP) is 4.17. The van der Waals surface area contributed by atoms with E-state index in [1.54, 1.807) is 0 Å². The molecule has 1 aliphatic heterocycles. The standard InChI is InChI=1S/C15H10BrFO2/c16-13-12-8-10(17)6-7-11(12)15(18)19-14(13)9-4-2-1-3-5-9/h1-8,13-14H. The molecule has 0 radical (unpaired) electrons. The van der Waals surface area contributed by atoms with E-state index < -0.39 is 12.1 Å². The number of alkyl halides is 1. The summed E-state index contributed by atoms with van der Waals surface area (Å²) in [5, 5.41) is 0. The van der Waals surface area contributed by atoms with E-state index in [4.69, 9.17) is 4.74 Å². The van der Waals surface area contributed by atoms with Crippen LogP contribution in [0.2, 0.25) is 0 Å². The Labute approximate surface area is 118 Å². The fraction of sp³-hybridized carbons (Fsp3) is 0.133. The molecule has 19 heavy (non-hydrogen) atoms. The number of esters is 1. The van der Waals surface area contributed by atoms with Crippen LogP contribution in [-0.2, 0) is 4.74 Å². The SMILES string of the molecule is O=C1OC(c2ccccc2)C(Br)c2cc(F)ccc21. The summed E-state index contributed by atoms with van der Waals surface area (Å²) in [6, 6.07) is 13.5. The number of benzene rings is 2. The Hall–Kier alpha value is -1.68. The van der Waals surface area contributed by atoms with Crippen molar-refractivity contribution in [2.75, 3.05) is 0 Å². The number of cyclic esters (lactones) is 1. The molecule has 0 saturated carbocycles. The summed E-state index contributed by atoms with van der Waals surface area (Å²) in [6.07, 6.45) is -0.442. The maximum absolute atomic E-state index is 13.4. The highest BCUT2D eigenvalue weighted by Gasteiger charge is 2.35. The van der Waals surface area contributed by atoms with Crippen LogP contribution >= 0.6 is 15.9 Å². The number of carbonyl (C=O) groups excluding carboxylic acids is 1. The lowest BCUT2D eigenvalue weighted by Gasteiger charge is -2.29. The minimum Gasteiger partial charge on any atom is -0.452 e. The molecule has 0 aromatic heterocycles. The van der Waals surface area contributed by atoms with Gasteiger partial charge in [0.05, 0.1) is 10.4 Å². The van der Waals surface area contributed by atoms with Crippen molar-refractivity contribution in [2.45, 2.75) is 10.9 Å². The van der Waals surface area contributed by atoms with Crippen LogP contribution in [0, 0.1) is 5.82 Å². The van der Waals surface area contributed by atoms with Gasteiger partial charge in [0.25, 0.3) is 0 Å². The van der Waals surface area contributed by atoms with Crippen molar-refractivity contribution in [2.24, 2.45) is 0 Å². The molecule has 0 bridgehead atoms. The molecule has 0 N–H and O–H groups in total. The summed E-state index contributed by atoms with van der Waals surface area (Å²) in [5.74, 6) is -0.774. The number of halogens is 2. The van der Waals surface area contributed by atoms with E-state index in [-0.39, 0.29) is 10.6 Å². The van der Waals surface area contributed by atoms with Gasteiger partial charge in [-0.3, -0.25) is 0 Å². The quantitative estimate of drug-likeness (QED) is 0.582. The largest absolute Gasteiger partial charge is 0.452 e. The lowest BCUT2D eigenvalue weighted by Crippen LogP contribution is -2.23. The van der Waals surface area contributed by atoms with E-state index in [9.17, 15) is 9.18 Å². The Kier molecular flexibility index (Phi) is 3.11. The first-order valence-corrected chi connectivity index (χ1v) is 6.78. The van der Waals surface area contributed by atoms with Gasteiger partial charge in [-0.15, -0.1) is 0 Å². The molecule has 1 aliphatic rings. The van der Waals surface area contributed by atoms with Crippen LogP contribution in [0.3, 0.4) is 0 Å². The third-order valence-electron chi connectivity index (χ3n) is 3.16. The van der Waals surface area contributed by atoms with Gasteiger partial charge in [0.2, 0.25) is 0 Å². The van der Waals surface area contributed by atoms with E-state index in [0.29, 0.717) is 11.1 Å². The van der Waals surface area contributed by atoms with Gasteiger partial charge < -0.3 is 4.74 Å². The second kappa shape index (κ2) is 4.78. The Morgan fingerprint density at radius 1 is 1.11 bits per heavy atom. The molecule has 96 valence electrons. The van der Waals surface area contributed by atoms with Crippen molar-refractivity contribution in [1.29, 1.82) is 0 Å². The van der Waals surface area contributed by atoms with Gasteiger partial charge in [-0.2, -0.15) is 0 Å². The van der Waals surface area contributed by atoms with Crippen molar-refractivity contribution >= 4 is 21.9 Å². The summed E-state index contributed by atoms with van der Waals surface area (Å²) in [4.78, 5) is 11.7. The first-order valence-electron chi connectivity index (χ1n) is 5.86. The van der Waals surface area contributed by atoms with Crippen LogP contribution in [0.4, 0.5) is 4.39 Å². The first kappa shape index (κ1) is 12.4. The highest BCUT2D eigenvalue weighted by molar-refractivity contribution is 9.09. The fourth-order valence-corrected chi connectivity index (χ4v) is 3.02. The molecule has 0 saturated heterocycles. The average molecular weight is 321 g/mol. The zero-order valence-electron chi connectivity index (χ0n) is 9.85. The van der Waals surface area contributed by atoms with Crippen molar-refractivity contribution in [3.8, 4) is 0 Å². The van der Waals surface area contributed by atoms with Crippen LogP contribution in [0.15, 0.2) is 48.5 Å². The summed E-state index contributed by atoms with van der Waals surface area (Å²) in [6.45, 7) is 0. The molecule has 1 heterocycles. The van der Waals surface area contributed by atoms with Gasteiger partial charge in [0.1, 0.15) is 11.9 Å². The normalized spacial score (nSPS) is 21.7. The molecule has 0 spiro atoms. The van der Waals surface area contributed by atoms with Gasteiger partial charge in [0.15, 0.2) is 0 Å². The second-order valence-electron chi connectivity index (χ2n) is 4.37. The first-order chi connectivity index (χ1) is 9.16. The van der Waals surface area contributed by atoms with Gasteiger partial charge in [-0.25, -0.2) is 9.18 Å². The molecule has 2 aromatic rings. The third kappa shape index (κ3) is 2.16. The maximum atomic E-state index is 13.4. The van der Waals surface area contributed by atoms with Crippen LogP contribution in [0.1, 0.15) is 32.4 Å². The van der Waals surface area contributed by atoms with Crippen LogP contribution in [-0.4, -0.2) is 5.97 Å². The van der Waals surface area contributed by atoms with Crippen molar-refractivity contribution in [1.82, 2.24) is 0 Å². The lowest BCUT2D eigenvalue weighted by atomic mass is 9.94. The van der Waals surface area contributed by atoms with E-state index in [0.717, 1.165) is 5.56 Å². The molecule has 2 atom stereocenters. The van der Waals surface area contributed by atoms with Gasteiger partial charge in [-0.1, -0.05) is 46.3 Å². The minimum atomic E-state index is -0.442. The molecule has 2 unspecified atom stereocenters. The monoisotopic (exact) mass is 320 g/mol. The summed E-state index contributed by atoms with van der Waals surface area (Å²) < 4.78 is 18.8. The van der Waals surface area contributed by atoms with Crippen molar-refractivity contribution in [3.05, 3.63) is 71.0 Å². The molecular formula is C15H10BrFO2. The number of hydrogen-bond acceptors (Lipinski definition) is 2. The molecule has 0 fully saturated rings. The van der Waals surface area contributed by atoms with Crippen LogP contribution in [0.25, 0.3) is 0 Å². The van der Waals surface area contributed by atoms with Gasteiger partial charge >= 0.3 is 5.97 Å². The smallest absolute Gasteiger partial charge is 0.339 e. The zero-order chi connectivity index (χ0) is 13.4. The van der Waals surface area contributed by atoms with Crippen molar-refractivity contribution in [3.63, 3.8) is 0 Å². The zero-order valence-corrected chi connectivity index (χ0v) is 11.4.